The molecule has 2 rings (SSSR count). The van der Waals surface area contributed by atoms with E-state index >= 15 is 0 Å². The number of hydrogen-bond donors (Lipinski definition) is 1. The number of benzene rings is 1. The summed E-state index contributed by atoms with van der Waals surface area (Å²) < 4.78 is 6.08. The number of ketones is 1. The minimum absolute atomic E-state index is 0.0393. The Morgan fingerprint density at radius 3 is 2.36 bits per heavy atom. The number of aromatic nitrogens is 1. The van der Waals surface area contributed by atoms with E-state index in [0.29, 0.717) is 5.56 Å². The lowest BCUT2D eigenvalue weighted by Gasteiger charge is -2.03. The number of pyridine rings is 1. The zero-order valence-electron chi connectivity index (χ0n) is 11.6. The Bertz CT molecular complexity index is 697. The summed E-state index contributed by atoms with van der Waals surface area (Å²) in [6, 6.07) is 13.5. The summed E-state index contributed by atoms with van der Waals surface area (Å²) in [5, 5.41) is 8.53. The summed E-state index contributed by atoms with van der Waals surface area (Å²) in [7, 11) is 0. The number of aliphatic carboxylic acids is 1. The molecule has 112 valence electrons. The number of carboxylic acids is 1. The van der Waals surface area contributed by atoms with Crippen LogP contribution in [0.25, 0.3) is 0 Å². The smallest absolute Gasteiger partial charge is 0.404 e. The van der Waals surface area contributed by atoms with Crippen LogP contribution < -0.4 is 4.57 Å². The Labute approximate surface area is 126 Å². The maximum Gasteiger partial charge on any atom is 0.404 e. The molecule has 6 heteroatoms. The number of Topliss-reactive ketones (excluding diaryl/α,β-unsaturated/α-hetero) is 1. The molecule has 0 saturated heterocycles. The van der Waals surface area contributed by atoms with Gasteiger partial charge in [0.1, 0.15) is 0 Å². The second kappa shape index (κ2) is 7.12. The van der Waals surface area contributed by atoms with Gasteiger partial charge in [-0.1, -0.05) is 30.3 Å². The maximum atomic E-state index is 12.2. The van der Waals surface area contributed by atoms with Gasteiger partial charge in [0.15, 0.2) is 12.8 Å². The van der Waals surface area contributed by atoms with E-state index in [9.17, 15) is 14.4 Å². The second-order valence-electron chi connectivity index (χ2n) is 4.47. The first-order chi connectivity index (χ1) is 10.6. The Morgan fingerprint density at radius 1 is 1.00 bits per heavy atom. The van der Waals surface area contributed by atoms with Gasteiger partial charge in [-0.05, 0) is 6.07 Å². The molecule has 1 N–H and O–H groups in total. The number of ether oxygens (including phenoxy) is 1. The van der Waals surface area contributed by atoms with Crippen LogP contribution in [0.5, 0.6) is 0 Å². The third-order valence-corrected chi connectivity index (χ3v) is 2.89. The lowest BCUT2D eigenvalue weighted by Crippen LogP contribution is -2.44. The van der Waals surface area contributed by atoms with Crippen molar-refractivity contribution in [2.45, 2.75) is 6.54 Å². The third-order valence-electron chi connectivity index (χ3n) is 2.89. The first-order valence-corrected chi connectivity index (χ1v) is 6.53. The van der Waals surface area contributed by atoms with Crippen molar-refractivity contribution in [3.63, 3.8) is 0 Å². The Balaban J connectivity index is 2.16. The second-order valence-corrected chi connectivity index (χ2v) is 4.47. The number of esters is 1. The minimum Gasteiger partial charge on any atom is -0.479 e. The van der Waals surface area contributed by atoms with Gasteiger partial charge in [-0.15, -0.1) is 0 Å². The van der Waals surface area contributed by atoms with Crippen LogP contribution in [-0.4, -0.2) is 29.4 Å². The van der Waals surface area contributed by atoms with Gasteiger partial charge in [0.25, 0.3) is 5.69 Å². The van der Waals surface area contributed by atoms with E-state index in [1.165, 1.54) is 10.6 Å². The molecule has 0 spiro atoms. The highest BCUT2D eigenvalue weighted by molar-refractivity contribution is 5.95. The van der Waals surface area contributed by atoms with E-state index in [-0.39, 0.29) is 18.0 Å². The molecular weight excluding hydrogens is 286 g/mol. The largest absolute Gasteiger partial charge is 0.479 e. The molecule has 0 radical (unpaired) electrons. The van der Waals surface area contributed by atoms with E-state index in [0.717, 1.165) is 0 Å². The van der Waals surface area contributed by atoms with Gasteiger partial charge < -0.3 is 9.84 Å². The predicted molar refractivity (Wildman–Crippen MR) is 75.3 cm³/mol. The number of carbonyl (C=O) groups excluding carboxylic acids is 2. The molecule has 0 saturated carbocycles. The third kappa shape index (κ3) is 3.99. The van der Waals surface area contributed by atoms with Crippen LogP contribution in [-0.2, 0) is 16.1 Å². The summed E-state index contributed by atoms with van der Waals surface area (Å²) in [6.07, 6.45) is 1.57. The fourth-order valence-corrected chi connectivity index (χ4v) is 1.87. The fourth-order valence-electron chi connectivity index (χ4n) is 1.87. The molecule has 1 aromatic heterocycles. The van der Waals surface area contributed by atoms with Crippen LogP contribution >= 0.6 is 0 Å². The van der Waals surface area contributed by atoms with Crippen molar-refractivity contribution in [3.8, 4) is 0 Å². The zero-order chi connectivity index (χ0) is 15.9. The molecule has 6 nitrogen and oxygen atoms in total. The van der Waals surface area contributed by atoms with E-state index in [4.69, 9.17) is 5.11 Å². The fraction of sp³-hybridized carbons (Fsp3) is 0.125. The SMILES string of the molecule is O=C(O)COC(=O)c1cccc[n+]1CC(=O)c1ccccc1. The van der Waals surface area contributed by atoms with Gasteiger partial charge in [-0.2, -0.15) is 4.57 Å². The minimum atomic E-state index is -1.24. The first kappa shape index (κ1) is 15.4. The Morgan fingerprint density at radius 2 is 1.68 bits per heavy atom. The number of rotatable bonds is 6. The van der Waals surface area contributed by atoms with E-state index in [2.05, 4.69) is 4.74 Å². The molecule has 1 aromatic carbocycles. The molecule has 0 aliphatic heterocycles. The first-order valence-electron chi connectivity index (χ1n) is 6.53. The highest BCUT2D eigenvalue weighted by atomic mass is 16.5. The molecule has 0 aliphatic carbocycles. The Hall–Kier alpha value is -3.02. The molecule has 0 aliphatic rings. The van der Waals surface area contributed by atoms with Crippen molar-refractivity contribution in [2.24, 2.45) is 0 Å². The molecule has 2 aromatic rings. The molecule has 0 atom stereocenters. The van der Waals surface area contributed by atoms with Crippen molar-refractivity contribution in [1.29, 1.82) is 0 Å². The number of hydrogen-bond acceptors (Lipinski definition) is 4. The van der Waals surface area contributed by atoms with Crippen molar-refractivity contribution in [2.75, 3.05) is 6.61 Å². The highest BCUT2D eigenvalue weighted by Crippen LogP contribution is 2.01. The monoisotopic (exact) mass is 300 g/mol. The lowest BCUT2D eigenvalue weighted by molar-refractivity contribution is -0.685. The summed E-state index contributed by atoms with van der Waals surface area (Å²) >= 11 is 0. The topological polar surface area (TPSA) is 84.6 Å². The van der Waals surface area contributed by atoms with Gasteiger partial charge in [-0.3, -0.25) is 4.79 Å². The van der Waals surface area contributed by atoms with Crippen molar-refractivity contribution >= 4 is 17.7 Å². The van der Waals surface area contributed by atoms with Crippen molar-refractivity contribution in [1.82, 2.24) is 0 Å². The highest BCUT2D eigenvalue weighted by Gasteiger charge is 2.23. The quantitative estimate of drug-likeness (QED) is 0.490. The molecule has 22 heavy (non-hydrogen) atoms. The van der Waals surface area contributed by atoms with Crippen LogP contribution in [0.3, 0.4) is 0 Å². The standard InChI is InChI=1S/C16H13NO5/c18-14(12-6-2-1-3-7-12)10-17-9-5-4-8-13(17)16(21)22-11-15(19)20/h1-9H,10-11H2/p+1. The van der Waals surface area contributed by atoms with Crippen molar-refractivity contribution < 1.29 is 28.8 Å². The summed E-state index contributed by atoms with van der Waals surface area (Å²) in [6.45, 7) is -0.761. The van der Waals surface area contributed by atoms with Gasteiger partial charge in [0, 0.05) is 17.7 Å². The Kier molecular flexibility index (Phi) is 4.98. The van der Waals surface area contributed by atoms with Gasteiger partial charge in [-0.25, -0.2) is 9.59 Å². The summed E-state index contributed by atoms with van der Waals surface area (Å²) in [4.78, 5) is 34.5. The van der Waals surface area contributed by atoms with Crippen LogP contribution in [0.4, 0.5) is 0 Å². The van der Waals surface area contributed by atoms with Crippen molar-refractivity contribution in [3.05, 3.63) is 66.0 Å². The maximum absolute atomic E-state index is 12.2. The van der Waals surface area contributed by atoms with Gasteiger partial charge in [0.2, 0.25) is 12.3 Å². The molecule has 1 heterocycles. The average molecular weight is 300 g/mol. The van der Waals surface area contributed by atoms with Crippen LogP contribution in [0.1, 0.15) is 20.8 Å². The van der Waals surface area contributed by atoms with Crippen LogP contribution in [0, 0.1) is 0 Å². The zero-order valence-corrected chi connectivity index (χ0v) is 11.6. The molecule has 0 amide bonds. The van der Waals surface area contributed by atoms with E-state index in [1.54, 1.807) is 48.7 Å². The number of carbonyl (C=O) groups is 3. The molecule has 0 fully saturated rings. The van der Waals surface area contributed by atoms with E-state index in [1.807, 2.05) is 0 Å². The van der Waals surface area contributed by atoms with Crippen LogP contribution in [0.2, 0.25) is 0 Å². The van der Waals surface area contributed by atoms with Gasteiger partial charge in [0.05, 0.1) is 0 Å². The number of nitrogens with zero attached hydrogens (tertiary/aromatic N) is 1. The van der Waals surface area contributed by atoms with Crippen LogP contribution in [0.15, 0.2) is 54.7 Å². The molecule has 0 bridgehead atoms. The predicted octanol–water partition coefficient (Wildman–Crippen LogP) is 1.10. The summed E-state index contributed by atoms with van der Waals surface area (Å²) in [5.74, 6) is -2.19. The van der Waals surface area contributed by atoms with Gasteiger partial charge >= 0.3 is 11.9 Å². The molecule has 0 unspecified atom stereocenters. The number of carboxylic acid groups (broad SMARTS) is 1. The van der Waals surface area contributed by atoms with E-state index < -0.39 is 18.5 Å². The normalized spacial score (nSPS) is 10.0. The molecular formula is C16H14NO5+. The summed E-state index contributed by atoms with van der Waals surface area (Å²) in [5.41, 5.74) is 0.650. The average Bonchev–Trinajstić information content (AvgIpc) is 2.54. The lowest BCUT2D eigenvalue weighted by atomic mass is 10.1.